The summed E-state index contributed by atoms with van der Waals surface area (Å²) in [7, 11) is 0. The van der Waals surface area contributed by atoms with Crippen LogP contribution in [-0.4, -0.2) is 36.2 Å². The van der Waals surface area contributed by atoms with E-state index in [1.165, 1.54) is 0 Å². The second-order valence-corrected chi connectivity index (χ2v) is 6.19. The highest BCUT2D eigenvalue weighted by atomic mass is 15.5. The van der Waals surface area contributed by atoms with E-state index in [9.17, 15) is 0 Å². The van der Waals surface area contributed by atoms with E-state index in [0.29, 0.717) is 0 Å². The van der Waals surface area contributed by atoms with Crippen LogP contribution in [0.2, 0.25) is 0 Å². The Bertz CT molecular complexity index is 898. The van der Waals surface area contributed by atoms with Crippen LogP contribution in [0.3, 0.4) is 0 Å². The van der Waals surface area contributed by atoms with E-state index in [-0.39, 0.29) is 0 Å². The van der Waals surface area contributed by atoms with Gasteiger partial charge in [-0.1, -0.05) is 46.6 Å². The van der Waals surface area contributed by atoms with Crippen molar-refractivity contribution in [3.63, 3.8) is 0 Å². The van der Waals surface area contributed by atoms with E-state index in [1.54, 1.807) is 0 Å². The van der Waals surface area contributed by atoms with E-state index < -0.39 is 0 Å². The Morgan fingerprint density at radius 3 is 1.33 bits per heavy atom. The third-order valence-corrected chi connectivity index (χ3v) is 4.28. The Labute approximate surface area is 179 Å². The minimum atomic E-state index is 0.729. The van der Waals surface area contributed by atoms with E-state index in [1.807, 2.05) is 86.2 Å². The molecule has 6 heteroatoms. The standard InChI is InChI=1S/C24H28N6/c1-5-29(6-2)27-25-23-19-13-11-17-21(23)15-9-10-16-22-18-12-14-20-24(22)26-28-30(7-3)8-4/h11-14,17-20H,5-8H2,1-4H3. The minimum absolute atomic E-state index is 0.729. The molecule has 0 radical (unpaired) electrons. The zero-order chi connectivity index (χ0) is 21.6. The van der Waals surface area contributed by atoms with Crippen LogP contribution in [0.25, 0.3) is 0 Å². The predicted molar refractivity (Wildman–Crippen MR) is 122 cm³/mol. The highest BCUT2D eigenvalue weighted by Gasteiger charge is 2.00. The third kappa shape index (κ3) is 7.07. The summed E-state index contributed by atoms with van der Waals surface area (Å²) in [6.07, 6.45) is 0. The fraction of sp³-hybridized carbons (Fsp3) is 0.333. The first kappa shape index (κ1) is 22.6. The lowest BCUT2D eigenvalue weighted by Gasteiger charge is -2.11. The smallest absolute Gasteiger partial charge is 0.103 e. The molecular formula is C24H28N6. The van der Waals surface area contributed by atoms with Gasteiger partial charge in [-0.3, -0.25) is 10.0 Å². The molecule has 0 spiro atoms. The van der Waals surface area contributed by atoms with Gasteiger partial charge in [-0.15, -0.1) is 10.2 Å². The zero-order valence-corrected chi connectivity index (χ0v) is 18.1. The molecule has 0 aromatic heterocycles. The topological polar surface area (TPSA) is 55.9 Å². The molecule has 0 unspecified atom stereocenters. The summed E-state index contributed by atoms with van der Waals surface area (Å²) in [5, 5.41) is 20.9. The van der Waals surface area contributed by atoms with Gasteiger partial charge in [-0.25, -0.2) is 0 Å². The lowest BCUT2D eigenvalue weighted by Crippen LogP contribution is -2.14. The molecule has 6 nitrogen and oxygen atoms in total. The predicted octanol–water partition coefficient (Wildman–Crippen LogP) is 5.77. The number of hydrogen-bond acceptors (Lipinski definition) is 4. The third-order valence-electron chi connectivity index (χ3n) is 4.28. The Kier molecular flexibility index (Phi) is 9.62. The molecule has 0 saturated heterocycles. The van der Waals surface area contributed by atoms with Crippen molar-refractivity contribution in [3.05, 3.63) is 59.7 Å². The summed E-state index contributed by atoms with van der Waals surface area (Å²) >= 11 is 0. The number of benzene rings is 2. The molecule has 154 valence electrons. The Hall–Kier alpha value is -3.64. The Morgan fingerprint density at radius 1 is 0.600 bits per heavy atom. The van der Waals surface area contributed by atoms with Gasteiger partial charge in [0, 0.05) is 26.2 Å². The van der Waals surface area contributed by atoms with Crippen molar-refractivity contribution in [2.24, 2.45) is 20.7 Å². The van der Waals surface area contributed by atoms with Gasteiger partial charge in [0.2, 0.25) is 0 Å². The molecule has 0 saturated carbocycles. The van der Waals surface area contributed by atoms with Crippen molar-refractivity contribution in [2.45, 2.75) is 27.7 Å². The van der Waals surface area contributed by atoms with E-state index in [4.69, 9.17) is 0 Å². The fourth-order valence-electron chi connectivity index (χ4n) is 2.45. The number of rotatable bonds is 8. The maximum Gasteiger partial charge on any atom is 0.103 e. The van der Waals surface area contributed by atoms with E-state index in [0.717, 1.165) is 48.7 Å². The van der Waals surface area contributed by atoms with Crippen LogP contribution in [0.1, 0.15) is 38.8 Å². The van der Waals surface area contributed by atoms with E-state index >= 15 is 0 Å². The van der Waals surface area contributed by atoms with Crippen molar-refractivity contribution in [1.82, 2.24) is 10.0 Å². The molecule has 2 rings (SSSR count). The van der Waals surface area contributed by atoms with Gasteiger partial charge in [0.1, 0.15) is 11.4 Å². The molecule has 0 atom stereocenters. The maximum absolute atomic E-state index is 4.32. The Balaban J connectivity index is 2.21. The van der Waals surface area contributed by atoms with Crippen molar-refractivity contribution in [1.29, 1.82) is 0 Å². The van der Waals surface area contributed by atoms with Crippen LogP contribution in [0, 0.1) is 23.7 Å². The summed E-state index contributed by atoms with van der Waals surface area (Å²) in [6, 6.07) is 15.3. The SMILES string of the molecule is CCN(CC)N=Nc1ccccc1C#CC#Cc1ccccc1N=NN(CC)CC. The number of nitrogens with zero attached hydrogens (tertiary/aromatic N) is 6. The van der Waals surface area contributed by atoms with Gasteiger partial charge < -0.3 is 0 Å². The first-order valence-electron chi connectivity index (χ1n) is 10.2. The van der Waals surface area contributed by atoms with Gasteiger partial charge in [0.15, 0.2) is 0 Å². The average molecular weight is 401 g/mol. The normalized spacial score (nSPS) is 10.4. The van der Waals surface area contributed by atoms with Crippen LogP contribution >= 0.6 is 0 Å². The Morgan fingerprint density at radius 2 is 0.967 bits per heavy atom. The van der Waals surface area contributed by atoms with Gasteiger partial charge in [0.25, 0.3) is 0 Å². The summed E-state index contributed by atoms with van der Waals surface area (Å²) in [6.45, 7) is 11.4. The van der Waals surface area contributed by atoms with Gasteiger partial charge in [-0.05, 0) is 63.8 Å². The molecule has 0 amide bonds. The molecule has 0 aliphatic heterocycles. The van der Waals surface area contributed by atoms with Crippen molar-refractivity contribution >= 4 is 11.4 Å². The van der Waals surface area contributed by atoms with Gasteiger partial charge in [0.05, 0.1) is 11.1 Å². The van der Waals surface area contributed by atoms with Crippen molar-refractivity contribution < 1.29 is 0 Å². The summed E-state index contributed by atoms with van der Waals surface area (Å²) in [4.78, 5) is 0. The lowest BCUT2D eigenvalue weighted by atomic mass is 10.2. The summed E-state index contributed by atoms with van der Waals surface area (Å²) in [5.41, 5.74) is 3.04. The zero-order valence-electron chi connectivity index (χ0n) is 18.1. The van der Waals surface area contributed by atoms with Crippen molar-refractivity contribution in [2.75, 3.05) is 26.2 Å². The molecule has 0 fully saturated rings. The van der Waals surface area contributed by atoms with Crippen LogP contribution in [0.5, 0.6) is 0 Å². The summed E-state index contributed by atoms with van der Waals surface area (Å²) in [5.74, 6) is 12.0. The molecule has 2 aromatic carbocycles. The fourth-order valence-corrected chi connectivity index (χ4v) is 2.45. The average Bonchev–Trinajstić information content (AvgIpc) is 2.79. The van der Waals surface area contributed by atoms with E-state index in [2.05, 4.69) is 44.4 Å². The molecule has 0 aliphatic rings. The first-order valence-corrected chi connectivity index (χ1v) is 10.2. The molecule has 0 aliphatic carbocycles. The maximum atomic E-state index is 4.32. The van der Waals surface area contributed by atoms with Gasteiger partial charge >= 0.3 is 0 Å². The van der Waals surface area contributed by atoms with Crippen LogP contribution in [0.4, 0.5) is 11.4 Å². The number of hydrogen-bond donors (Lipinski definition) is 0. The molecule has 30 heavy (non-hydrogen) atoms. The van der Waals surface area contributed by atoms with Crippen LogP contribution in [-0.2, 0) is 0 Å². The highest BCUT2D eigenvalue weighted by molar-refractivity contribution is 5.58. The highest BCUT2D eigenvalue weighted by Crippen LogP contribution is 2.19. The molecule has 0 N–H and O–H groups in total. The lowest BCUT2D eigenvalue weighted by molar-refractivity contribution is 0.300. The largest absolute Gasteiger partial charge is 0.279 e. The molecule has 0 heterocycles. The van der Waals surface area contributed by atoms with Crippen LogP contribution < -0.4 is 0 Å². The second kappa shape index (κ2) is 12.7. The van der Waals surface area contributed by atoms with Crippen LogP contribution in [0.15, 0.2) is 69.2 Å². The van der Waals surface area contributed by atoms with Crippen molar-refractivity contribution in [3.8, 4) is 23.7 Å². The summed E-state index contributed by atoms with van der Waals surface area (Å²) < 4.78 is 0. The quantitative estimate of drug-likeness (QED) is 0.321. The second-order valence-electron chi connectivity index (χ2n) is 6.19. The van der Waals surface area contributed by atoms with Gasteiger partial charge in [-0.2, -0.15) is 0 Å². The minimum Gasteiger partial charge on any atom is -0.279 e. The first-order chi connectivity index (χ1) is 14.7. The molecule has 2 aromatic rings. The molecular weight excluding hydrogens is 372 g/mol. The molecule has 0 bridgehead atoms. The monoisotopic (exact) mass is 400 g/mol.